The van der Waals surface area contributed by atoms with Crippen LogP contribution in [0.5, 0.6) is 5.75 Å². The molecule has 0 atom stereocenters. The Morgan fingerprint density at radius 2 is 1.74 bits per heavy atom. The van der Waals surface area contributed by atoms with E-state index in [-0.39, 0.29) is 21.9 Å². The van der Waals surface area contributed by atoms with E-state index >= 15 is 0 Å². The molecule has 0 amide bonds. The van der Waals surface area contributed by atoms with Crippen molar-refractivity contribution in [1.82, 2.24) is 4.57 Å². The molecular weight excluding hydrogens is 483 g/mol. The van der Waals surface area contributed by atoms with Gasteiger partial charge in [0.05, 0.1) is 5.56 Å². The summed E-state index contributed by atoms with van der Waals surface area (Å²) in [5.41, 5.74) is 3.22. The van der Waals surface area contributed by atoms with Gasteiger partial charge in [-0.25, -0.2) is 4.79 Å². The SMILES string of the molecule is O=C(O)c1ccc(CCn2c(CCc3cccc(OC(F)(F)F)c3)c(C3CC3)cc(Cl)c2=O)cc1. The van der Waals surface area contributed by atoms with E-state index in [1.807, 2.05) is 0 Å². The Morgan fingerprint density at radius 1 is 1.03 bits per heavy atom. The predicted octanol–water partition coefficient (Wildman–Crippen LogP) is 6.00. The monoisotopic (exact) mass is 505 g/mol. The molecular formula is C26H23ClF3NO4. The number of alkyl halides is 3. The predicted molar refractivity (Wildman–Crippen MR) is 125 cm³/mol. The fourth-order valence-electron chi connectivity index (χ4n) is 4.17. The summed E-state index contributed by atoms with van der Waals surface area (Å²) in [5, 5.41) is 9.21. The van der Waals surface area contributed by atoms with Crippen molar-refractivity contribution in [2.24, 2.45) is 0 Å². The van der Waals surface area contributed by atoms with Crippen molar-refractivity contribution in [2.75, 3.05) is 0 Å². The van der Waals surface area contributed by atoms with Gasteiger partial charge in [0.25, 0.3) is 5.56 Å². The Balaban J connectivity index is 1.58. The van der Waals surface area contributed by atoms with Gasteiger partial charge in [0.1, 0.15) is 10.8 Å². The van der Waals surface area contributed by atoms with E-state index in [1.54, 1.807) is 28.8 Å². The average molecular weight is 506 g/mol. The van der Waals surface area contributed by atoms with Crippen molar-refractivity contribution in [3.05, 3.63) is 97.9 Å². The number of hydrogen-bond donors (Lipinski definition) is 1. The van der Waals surface area contributed by atoms with Crippen molar-refractivity contribution in [3.8, 4) is 5.75 Å². The second-order valence-electron chi connectivity index (χ2n) is 8.57. The summed E-state index contributed by atoms with van der Waals surface area (Å²) in [7, 11) is 0. The number of rotatable bonds is 9. The number of aromatic carboxylic acids is 1. The molecule has 1 aromatic heterocycles. The topological polar surface area (TPSA) is 68.5 Å². The smallest absolute Gasteiger partial charge is 0.478 e. The van der Waals surface area contributed by atoms with Crippen molar-refractivity contribution in [2.45, 2.75) is 50.9 Å². The minimum atomic E-state index is -4.77. The van der Waals surface area contributed by atoms with Crippen LogP contribution in [-0.4, -0.2) is 22.0 Å². The van der Waals surface area contributed by atoms with E-state index in [0.717, 1.165) is 29.7 Å². The lowest BCUT2D eigenvalue weighted by atomic mass is 10.0. The van der Waals surface area contributed by atoms with Crippen LogP contribution in [0.15, 0.2) is 59.4 Å². The molecule has 5 nitrogen and oxygen atoms in total. The summed E-state index contributed by atoms with van der Waals surface area (Å²) >= 11 is 6.28. The van der Waals surface area contributed by atoms with E-state index in [4.69, 9.17) is 16.7 Å². The molecule has 1 saturated carbocycles. The first-order chi connectivity index (χ1) is 16.6. The van der Waals surface area contributed by atoms with Gasteiger partial charge in [-0.05, 0) is 85.0 Å². The zero-order valence-corrected chi connectivity index (χ0v) is 19.4. The molecule has 0 bridgehead atoms. The Labute approximate surface area is 204 Å². The van der Waals surface area contributed by atoms with Gasteiger partial charge in [-0.2, -0.15) is 0 Å². The quantitative estimate of drug-likeness (QED) is 0.387. The second kappa shape index (κ2) is 10.2. The first-order valence-corrected chi connectivity index (χ1v) is 11.6. The Morgan fingerprint density at radius 3 is 2.37 bits per heavy atom. The maximum Gasteiger partial charge on any atom is 0.573 e. The highest BCUT2D eigenvalue weighted by molar-refractivity contribution is 6.30. The summed E-state index contributed by atoms with van der Waals surface area (Å²) in [4.78, 5) is 24.1. The van der Waals surface area contributed by atoms with E-state index in [9.17, 15) is 22.8 Å². The zero-order chi connectivity index (χ0) is 25.2. The van der Waals surface area contributed by atoms with Crippen LogP contribution in [0.25, 0.3) is 0 Å². The summed E-state index contributed by atoms with van der Waals surface area (Å²) in [6.07, 6.45) is -1.42. The number of halogens is 4. The molecule has 4 rings (SSSR count). The number of ether oxygens (including phenoxy) is 1. The molecule has 1 aliphatic carbocycles. The molecule has 1 heterocycles. The molecule has 35 heavy (non-hydrogen) atoms. The molecule has 3 aromatic rings. The summed E-state index contributed by atoms with van der Waals surface area (Å²) in [6, 6.07) is 14.0. The lowest BCUT2D eigenvalue weighted by Gasteiger charge is -2.18. The van der Waals surface area contributed by atoms with Gasteiger partial charge in [-0.3, -0.25) is 4.79 Å². The minimum Gasteiger partial charge on any atom is -0.478 e. The Hall–Kier alpha value is -3.26. The normalized spacial score (nSPS) is 13.6. The van der Waals surface area contributed by atoms with Gasteiger partial charge in [0.15, 0.2) is 0 Å². The molecule has 0 unspecified atom stereocenters. The first kappa shape index (κ1) is 24.9. The molecule has 2 aromatic carbocycles. The second-order valence-corrected chi connectivity index (χ2v) is 8.98. The standard InChI is InChI=1S/C26H23ClF3NO4/c27-22-15-21(18-9-10-18)23(11-6-17-2-1-3-20(14-17)35-26(28,29)30)31(24(22)32)13-12-16-4-7-19(8-5-16)25(33)34/h1-5,7-8,14-15,18H,6,9-13H2,(H,33,34). The molecule has 1 fully saturated rings. The van der Waals surface area contributed by atoms with Gasteiger partial charge in [-0.15, -0.1) is 13.2 Å². The highest BCUT2D eigenvalue weighted by Gasteiger charge is 2.31. The maximum absolute atomic E-state index is 13.0. The average Bonchev–Trinajstić information content (AvgIpc) is 3.63. The van der Waals surface area contributed by atoms with Crippen LogP contribution < -0.4 is 10.3 Å². The molecule has 0 spiro atoms. The fraction of sp³-hybridized carbons (Fsp3) is 0.308. The summed E-state index contributed by atoms with van der Waals surface area (Å²) < 4.78 is 43.5. The van der Waals surface area contributed by atoms with E-state index in [0.29, 0.717) is 37.3 Å². The lowest BCUT2D eigenvalue weighted by molar-refractivity contribution is -0.274. The fourth-order valence-corrected chi connectivity index (χ4v) is 4.39. The maximum atomic E-state index is 13.0. The number of aryl methyl sites for hydroxylation is 2. The molecule has 0 radical (unpaired) electrons. The minimum absolute atomic E-state index is 0.137. The molecule has 1 N–H and O–H groups in total. The third kappa shape index (κ3) is 6.45. The van der Waals surface area contributed by atoms with Gasteiger partial charge >= 0.3 is 12.3 Å². The van der Waals surface area contributed by atoms with Crippen LogP contribution in [0.3, 0.4) is 0 Å². The number of carboxylic acids is 1. The van der Waals surface area contributed by atoms with Crippen LogP contribution >= 0.6 is 11.6 Å². The lowest BCUT2D eigenvalue weighted by Crippen LogP contribution is -2.27. The first-order valence-electron chi connectivity index (χ1n) is 11.2. The number of carboxylic acid groups (broad SMARTS) is 1. The Bertz CT molecular complexity index is 1280. The van der Waals surface area contributed by atoms with Crippen molar-refractivity contribution < 1.29 is 27.8 Å². The number of hydrogen-bond acceptors (Lipinski definition) is 3. The number of benzene rings is 2. The number of carbonyl (C=O) groups is 1. The summed E-state index contributed by atoms with van der Waals surface area (Å²) in [6.45, 7) is 0.345. The number of nitrogens with zero attached hydrogens (tertiary/aromatic N) is 1. The molecule has 1 aliphatic rings. The van der Waals surface area contributed by atoms with E-state index in [1.165, 1.54) is 30.3 Å². The Kier molecular flexibility index (Phi) is 7.21. The largest absolute Gasteiger partial charge is 0.573 e. The third-order valence-corrected chi connectivity index (χ3v) is 6.29. The van der Waals surface area contributed by atoms with Gasteiger partial charge in [0, 0.05) is 12.2 Å². The molecule has 0 aliphatic heterocycles. The van der Waals surface area contributed by atoms with E-state index in [2.05, 4.69) is 4.74 Å². The van der Waals surface area contributed by atoms with Crippen LogP contribution in [0.4, 0.5) is 13.2 Å². The van der Waals surface area contributed by atoms with Gasteiger partial charge in [0.2, 0.25) is 0 Å². The number of aromatic nitrogens is 1. The van der Waals surface area contributed by atoms with Crippen LogP contribution in [0.2, 0.25) is 5.02 Å². The van der Waals surface area contributed by atoms with Crippen molar-refractivity contribution in [3.63, 3.8) is 0 Å². The van der Waals surface area contributed by atoms with Gasteiger partial charge in [-0.1, -0.05) is 35.9 Å². The summed E-state index contributed by atoms with van der Waals surface area (Å²) in [5.74, 6) is -0.983. The molecule has 0 saturated heterocycles. The highest BCUT2D eigenvalue weighted by Crippen LogP contribution is 2.42. The van der Waals surface area contributed by atoms with Crippen LogP contribution in [-0.2, 0) is 25.8 Å². The van der Waals surface area contributed by atoms with Crippen molar-refractivity contribution >= 4 is 17.6 Å². The van der Waals surface area contributed by atoms with Gasteiger partial charge < -0.3 is 14.4 Å². The van der Waals surface area contributed by atoms with Crippen LogP contribution in [0.1, 0.15) is 51.5 Å². The third-order valence-electron chi connectivity index (χ3n) is 6.02. The molecule has 184 valence electrons. The zero-order valence-electron chi connectivity index (χ0n) is 18.6. The van der Waals surface area contributed by atoms with Crippen LogP contribution in [0, 0.1) is 0 Å². The van der Waals surface area contributed by atoms with Crippen molar-refractivity contribution in [1.29, 1.82) is 0 Å². The van der Waals surface area contributed by atoms with E-state index < -0.39 is 12.3 Å². The highest BCUT2D eigenvalue weighted by atomic mass is 35.5. The number of pyridine rings is 1. The molecule has 9 heteroatoms.